The lowest BCUT2D eigenvalue weighted by Crippen LogP contribution is -2.28. The molecule has 2 fully saturated rings. The van der Waals surface area contributed by atoms with Gasteiger partial charge in [0.05, 0.1) is 5.41 Å². The predicted octanol–water partition coefficient (Wildman–Crippen LogP) is 3.03. The number of carboxylic acid groups (broad SMARTS) is 1. The highest BCUT2D eigenvalue weighted by molar-refractivity contribution is 5.93. The van der Waals surface area contributed by atoms with Crippen LogP contribution in [0.1, 0.15) is 38.7 Å². The standard InChI is InChI=1S/C17H21NO3/c1-17(2,16(20)21)13-3-5-14(6-4-13)18-15(19)12-8-10-7-11(10)9-12/h3-6,10-12H,7-9H2,1-2H3,(H,18,19)(H,20,21). The van der Waals surface area contributed by atoms with E-state index in [4.69, 9.17) is 0 Å². The zero-order valence-electron chi connectivity index (χ0n) is 12.4. The van der Waals surface area contributed by atoms with E-state index < -0.39 is 11.4 Å². The molecule has 1 aromatic carbocycles. The quantitative estimate of drug-likeness (QED) is 0.894. The van der Waals surface area contributed by atoms with Crippen LogP contribution in [0, 0.1) is 17.8 Å². The summed E-state index contributed by atoms with van der Waals surface area (Å²) in [6, 6.07) is 7.12. The zero-order chi connectivity index (χ0) is 15.2. The first-order valence-electron chi connectivity index (χ1n) is 7.52. The number of nitrogens with one attached hydrogen (secondary N) is 1. The van der Waals surface area contributed by atoms with Crippen LogP contribution in [0.3, 0.4) is 0 Å². The van der Waals surface area contributed by atoms with Gasteiger partial charge in [-0.05, 0) is 62.6 Å². The third-order valence-electron chi connectivity index (χ3n) is 5.02. The summed E-state index contributed by atoms with van der Waals surface area (Å²) in [4.78, 5) is 23.4. The van der Waals surface area contributed by atoms with E-state index in [0.717, 1.165) is 35.9 Å². The Morgan fingerprint density at radius 2 is 1.67 bits per heavy atom. The van der Waals surface area contributed by atoms with Crippen LogP contribution in [0.15, 0.2) is 24.3 Å². The molecule has 2 aliphatic rings. The van der Waals surface area contributed by atoms with E-state index >= 15 is 0 Å². The van der Waals surface area contributed by atoms with Crippen molar-refractivity contribution in [2.24, 2.45) is 17.8 Å². The highest BCUT2D eigenvalue weighted by Gasteiger charge is 2.47. The molecule has 2 unspecified atom stereocenters. The summed E-state index contributed by atoms with van der Waals surface area (Å²) in [5, 5.41) is 12.2. The minimum atomic E-state index is -0.921. The molecule has 0 spiro atoms. The summed E-state index contributed by atoms with van der Waals surface area (Å²) in [5.74, 6) is 0.986. The minimum absolute atomic E-state index is 0.104. The van der Waals surface area contributed by atoms with Crippen molar-refractivity contribution in [1.82, 2.24) is 0 Å². The summed E-state index contributed by atoms with van der Waals surface area (Å²) >= 11 is 0. The van der Waals surface area contributed by atoms with Crippen molar-refractivity contribution in [2.75, 3.05) is 5.32 Å². The number of hydrogen-bond acceptors (Lipinski definition) is 2. The van der Waals surface area contributed by atoms with Gasteiger partial charge in [0, 0.05) is 11.6 Å². The Morgan fingerprint density at radius 1 is 1.10 bits per heavy atom. The first-order valence-corrected chi connectivity index (χ1v) is 7.52. The fourth-order valence-corrected chi connectivity index (χ4v) is 3.27. The maximum absolute atomic E-state index is 12.2. The molecule has 0 radical (unpaired) electrons. The van der Waals surface area contributed by atoms with Gasteiger partial charge in [-0.3, -0.25) is 9.59 Å². The summed E-state index contributed by atoms with van der Waals surface area (Å²) in [6.45, 7) is 3.35. The van der Waals surface area contributed by atoms with Crippen molar-refractivity contribution in [1.29, 1.82) is 0 Å². The topological polar surface area (TPSA) is 66.4 Å². The van der Waals surface area contributed by atoms with Gasteiger partial charge in [0.2, 0.25) is 5.91 Å². The van der Waals surface area contributed by atoms with Gasteiger partial charge in [-0.2, -0.15) is 0 Å². The molecular weight excluding hydrogens is 266 g/mol. The number of amides is 1. The molecule has 2 aliphatic carbocycles. The first kappa shape index (κ1) is 14.1. The average molecular weight is 287 g/mol. The van der Waals surface area contributed by atoms with Crippen molar-refractivity contribution in [3.8, 4) is 0 Å². The molecule has 4 nitrogen and oxygen atoms in total. The van der Waals surface area contributed by atoms with Crippen molar-refractivity contribution < 1.29 is 14.7 Å². The average Bonchev–Trinajstić information content (AvgIpc) is 3.05. The molecular formula is C17H21NO3. The molecule has 2 N–H and O–H groups in total. The van der Waals surface area contributed by atoms with Gasteiger partial charge < -0.3 is 10.4 Å². The van der Waals surface area contributed by atoms with Gasteiger partial charge >= 0.3 is 5.97 Å². The molecule has 2 atom stereocenters. The van der Waals surface area contributed by atoms with Crippen LogP contribution in [0.2, 0.25) is 0 Å². The van der Waals surface area contributed by atoms with Crippen LogP contribution in [-0.2, 0) is 15.0 Å². The van der Waals surface area contributed by atoms with E-state index in [0.29, 0.717) is 0 Å². The zero-order valence-corrected chi connectivity index (χ0v) is 12.4. The largest absolute Gasteiger partial charge is 0.481 e. The maximum Gasteiger partial charge on any atom is 0.313 e. The Labute approximate surface area is 124 Å². The van der Waals surface area contributed by atoms with Gasteiger partial charge in [-0.1, -0.05) is 12.1 Å². The second-order valence-electron chi connectivity index (χ2n) is 6.92. The van der Waals surface area contributed by atoms with Gasteiger partial charge in [0.25, 0.3) is 0 Å². The Kier molecular flexibility index (Phi) is 3.27. The Hall–Kier alpha value is -1.84. The van der Waals surface area contributed by atoms with Crippen molar-refractivity contribution in [2.45, 2.75) is 38.5 Å². The molecule has 112 valence electrons. The van der Waals surface area contributed by atoms with Gasteiger partial charge in [0.1, 0.15) is 0 Å². The van der Waals surface area contributed by atoms with Crippen LogP contribution >= 0.6 is 0 Å². The fourth-order valence-electron chi connectivity index (χ4n) is 3.27. The third-order valence-corrected chi connectivity index (χ3v) is 5.02. The molecule has 3 rings (SSSR count). The second kappa shape index (κ2) is 4.86. The van der Waals surface area contributed by atoms with E-state index in [2.05, 4.69) is 5.32 Å². The molecule has 1 amide bonds. The minimum Gasteiger partial charge on any atom is -0.481 e. The van der Waals surface area contributed by atoms with Crippen LogP contribution in [-0.4, -0.2) is 17.0 Å². The van der Waals surface area contributed by atoms with E-state index in [1.54, 1.807) is 38.1 Å². The number of hydrogen-bond donors (Lipinski definition) is 2. The van der Waals surface area contributed by atoms with Crippen LogP contribution < -0.4 is 5.32 Å². The van der Waals surface area contributed by atoms with E-state index in [1.807, 2.05) is 0 Å². The summed E-state index contributed by atoms with van der Waals surface area (Å²) < 4.78 is 0. The number of benzene rings is 1. The Morgan fingerprint density at radius 3 is 2.19 bits per heavy atom. The first-order chi connectivity index (χ1) is 9.88. The second-order valence-corrected chi connectivity index (χ2v) is 6.92. The fraction of sp³-hybridized carbons (Fsp3) is 0.529. The third kappa shape index (κ3) is 2.67. The summed E-state index contributed by atoms with van der Waals surface area (Å²) in [7, 11) is 0. The highest BCUT2D eigenvalue weighted by atomic mass is 16.4. The SMILES string of the molecule is CC(C)(C(=O)O)c1ccc(NC(=O)C2CC3CC3C2)cc1. The number of anilines is 1. The van der Waals surface area contributed by atoms with Crippen LogP contribution in [0.5, 0.6) is 0 Å². The molecule has 0 bridgehead atoms. The predicted molar refractivity (Wildman–Crippen MR) is 80.1 cm³/mol. The molecule has 0 aromatic heterocycles. The molecule has 1 aromatic rings. The highest BCUT2D eigenvalue weighted by Crippen LogP contribution is 2.54. The lowest BCUT2D eigenvalue weighted by Gasteiger charge is -2.20. The van der Waals surface area contributed by atoms with Crippen LogP contribution in [0.25, 0.3) is 0 Å². The molecule has 0 heterocycles. The number of carbonyl (C=O) groups is 2. The molecule has 21 heavy (non-hydrogen) atoms. The summed E-state index contributed by atoms with van der Waals surface area (Å²) in [5.41, 5.74) is 0.551. The molecule has 4 heteroatoms. The van der Waals surface area contributed by atoms with E-state index in [9.17, 15) is 14.7 Å². The number of carbonyl (C=O) groups excluding carboxylic acids is 1. The smallest absolute Gasteiger partial charge is 0.313 e. The Bertz CT molecular complexity index is 566. The number of fused-ring (bicyclic) bond motifs is 1. The molecule has 0 saturated heterocycles. The van der Waals surface area contributed by atoms with Gasteiger partial charge in [0.15, 0.2) is 0 Å². The van der Waals surface area contributed by atoms with Crippen molar-refractivity contribution >= 4 is 17.6 Å². The maximum atomic E-state index is 12.2. The number of carboxylic acids is 1. The van der Waals surface area contributed by atoms with Crippen molar-refractivity contribution in [3.05, 3.63) is 29.8 Å². The molecule has 0 aliphatic heterocycles. The van der Waals surface area contributed by atoms with E-state index in [1.165, 1.54) is 6.42 Å². The number of rotatable bonds is 4. The van der Waals surface area contributed by atoms with Crippen LogP contribution in [0.4, 0.5) is 5.69 Å². The Balaban J connectivity index is 1.64. The lowest BCUT2D eigenvalue weighted by atomic mass is 9.85. The molecule has 2 saturated carbocycles. The van der Waals surface area contributed by atoms with Gasteiger partial charge in [-0.15, -0.1) is 0 Å². The number of aliphatic carboxylic acids is 1. The van der Waals surface area contributed by atoms with Gasteiger partial charge in [-0.25, -0.2) is 0 Å². The van der Waals surface area contributed by atoms with Crippen molar-refractivity contribution in [3.63, 3.8) is 0 Å². The summed E-state index contributed by atoms with van der Waals surface area (Å²) in [6.07, 6.45) is 3.37. The van der Waals surface area contributed by atoms with E-state index in [-0.39, 0.29) is 11.8 Å². The normalized spacial score (nSPS) is 27.0. The monoisotopic (exact) mass is 287 g/mol. The lowest BCUT2D eigenvalue weighted by molar-refractivity contribution is -0.142.